The molecule has 0 unspecified atom stereocenters. The number of aromatic nitrogens is 1. The van der Waals surface area contributed by atoms with E-state index in [4.69, 9.17) is 11.6 Å². The lowest BCUT2D eigenvalue weighted by Gasteiger charge is -2.08. The van der Waals surface area contributed by atoms with E-state index in [1.807, 2.05) is 12.1 Å². The molecule has 0 fully saturated rings. The SMILES string of the molecule is CCn1ccc(CNc2cc(C)ccc2Cl)c1. The highest BCUT2D eigenvalue weighted by molar-refractivity contribution is 6.33. The van der Waals surface area contributed by atoms with Gasteiger partial charge in [0.25, 0.3) is 0 Å². The Bertz CT molecular complexity index is 503. The van der Waals surface area contributed by atoms with Gasteiger partial charge in [-0.05, 0) is 43.2 Å². The molecule has 0 bridgehead atoms. The summed E-state index contributed by atoms with van der Waals surface area (Å²) in [6.45, 7) is 6.01. The first kappa shape index (κ1) is 12.1. The molecule has 1 heterocycles. The van der Waals surface area contributed by atoms with E-state index in [1.54, 1.807) is 0 Å². The minimum atomic E-state index is 0.769. The van der Waals surface area contributed by atoms with E-state index in [2.05, 4.69) is 48.3 Å². The number of anilines is 1. The van der Waals surface area contributed by atoms with Gasteiger partial charge in [-0.3, -0.25) is 0 Å². The molecule has 0 amide bonds. The molecule has 2 nitrogen and oxygen atoms in total. The Hall–Kier alpha value is -1.41. The van der Waals surface area contributed by atoms with Gasteiger partial charge in [0.05, 0.1) is 10.7 Å². The molecule has 0 saturated heterocycles. The Morgan fingerprint density at radius 2 is 2.12 bits per heavy atom. The van der Waals surface area contributed by atoms with Crippen molar-refractivity contribution < 1.29 is 0 Å². The van der Waals surface area contributed by atoms with Crippen LogP contribution in [0.15, 0.2) is 36.7 Å². The largest absolute Gasteiger partial charge is 0.380 e. The van der Waals surface area contributed by atoms with E-state index >= 15 is 0 Å². The third-order valence-corrected chi connectivity index (χ3v) is 3.11. The van der Waals surface area contributed by atoms with E-state index in [1.165, 1.54) is 11.1 Å². The number of nitrogens with one attached hydrogen (secondary N) is 1. The third-order valence-electron chi connectivity index (χ3n) is 2.78. The lowest BCUT2D eigenvalue weighted by atomic mass is 10.2. The molecule has 2 aromatic rings. The number of nitrogens with zero attached hydrogens (tertiary/aromatic N) is 1. The van der Waals surface area contributed by atoms with E-state index in [-0.39, 0.29) is 0 Å². The van der Waals surface area contributed by atoms with Crippen LogP contribution >= 0.6 is 11.6 Å². The molecule has 0 aliphatic rings. The van der Waals surface area contributed by atoms with Gasteiger partial charge in [-0.2, -0.15) is 0 Å². The molecule has 1 aromatic heterocycles. The summed E-state index contributed by atoms with van der Waals surface area (Å²) in [5.74, 6) is 0. The molecule has 0 spiro atoms. The van der Waals surface area contributed by atoms with Crippen molar-refractivity contribution >= 4 is 17.3 Å². The quantitative estimate of drug-likeness (QED) is 0.863. The fourth-order valence-corrected chi connectivity index (χ4v) is 1.95. The van der Waals surface area contributed by atoms with Gasteiger partial charge < -0.3 is 9.88 Å². The summed E-state index contributed by atoms with van der Waals surface area (Å²) >= 11 is 6.13. The summed E-state index contributed by atoms with van der Waals surface area (Å²) in [7, 11) is 0. The Morgan fingerprint density at radius 3 is 2.82 bits per heavy atom. The number of halogens is 1. The van der Waals surface area contributed by atoms with Crippen molar-refractivity contribution in [3.63, 3.8) is 0 Å². The molecule has 0 saturated carbocycles. The van der Waals surface area contributed by atoms with Crippen LogP contribution in [-0.2, 0) is 13.1 Å². The van der Waals surface area contributed by atoms with Crippen molar-refractivity contribution in [2.45, 2.75) is 26.9 Å². The maximum Gasteiger partial charge on any atom is 0.0637 e. The lowest BCUT2D eigenvalue weighted by molar-refractivity contribution is 0.766. The maximum atomic E-state index is 6.13. The molecule has 0 aliphatic heterocycles. The molecule has 0 atom stereocenters. The smallest absolute Gasteiger partial charge is 0.0637 e. The van der Waals surface area contributed by atoms with Crippen LogP contribution in [0.5, 0.6) is 0 Å². The van der Waals surface area contributed by atoms with E-state index in [9.17, 15) is 0 Å². The second kappa shape index (κ2) is 5.28. The summed E-state index contributed by atoms with van der Waals surface area (Å²) in [5.41, 5.74) is 3.48. The van der Waals surface area contributed by atoms with Crippen LogP contribution in [0.4, 0.5) is 5.69 Å². The maximum absolute atomic E-state index is 6.13. The van der Waals surface area contributed by atoms with Gasteiger partial charge in [0.1, 0.15) is 0 Å². The molecule has 0 radical (unpaired) electrons. The van der Waals surface area contributed by atoms with Gasteiger partial charge in [0, 0.05) is 25.5 Å². The first-order chi connectivity index (χ1) is 8.19. The summed E-state index contributed by atoms with van der Waals surface area (Å²) in [6.07, 6.45) is 4.24. The fraction of sp³-hybridized carbons (Fsp3) is 0.286. The van der Waals surface area contributed by atoms with E-state index < -0.39 is 0 Å². The molecular weight excluding hydrogens is 232 g/mol. The number of hydrogen-bond acceptors (Lipinski definition) is 1. The molecule has 17 heavy (non-hydrogen) atoms. The number of hydrogen-bond donors (Lipinski definition) is 1. The third kappa shape index (κ3) is 3.04. The zero-order valence-electron chi connectivity index (χ0n) is 10.2. The van der Waals surface area contributed by atoms with Crippen LogP contribution in [0.1, 0.15) is 18.1 Å². The fourth-order valence-electron chi connectivity index (χ4n) is 1.76. The predicted molar refractivity (Wildman–Crippen MR) is 73.6 cm³/mol. The molecule has 2 rings (SSSR count). The normalized spacial score (nSPS) is 10.5. The summed E-state index contributed by atoms with van der Waals surface area (Å²) in [6, 6.07) is 8.14. The standard InChI is InChI=1S/C14H17ClN2/c1-3-17-7-6-12(10-17)9-16-14-8-11(2)4-5-13(14)15/h4-8,10,16H,3,9H2,1-2H3. The highest BCUT2D eigenvalue weighted by Gasteiger charge is 2.01. The molecular formula is C14H17ClN2. The average molecular weight is 249 g/mol. The van der Waals surface area contributed by atoms with Crippen molar-refractivity contribution in [2.75, 3.05) is 5.32 Å². The highest BCUT2D eigenvalue weighted by Crippen LogP contribution is 2.23. The average Bonchev–Trinajstić information content (AvgIpc) is 2.78. The molecule has 3 heteroatoms. The van der Waals surface area contributed by atoms with Crippen LogP contribution < -0.4 is 5.32 Å². The Kier molecular flexibility index (Phi) is 3.75. The number of benzene rings is 1. The predicted octanol–water partition coefficient (Wildman–Crippen LogP) is 4.08. The Morgan fingerprint density at radius 1 is 1.29 bits per heavy atom. The Balaban J connectivity index is 2.04. The number of rotatable bonds is 4. The second-order valence-corrected chi connectivity index (χ2v) is 4.59. The molecule has 1 N–H and O–H groups in total. The summed E-state index contributed by atoms with van der Waals surface area (Å²) < 4.78 is 2.16. The summed E-state index contributed by atoms with van der Waals surface area (Å²) in [4.78, 5) is 0. The Labute approximate surface area is 107 Å². The molecule has 90 valence electrons. The topological polar surface area (TPSA) is 17.0 Å². The van der Waals surface area contributed by atoms with Crippen molar-refractivity contribution in [3.8, 4) is 0 Å². The molecule has 0 aliphatic carbocycles. The van der Waals surface area contributed by atoms with Gasteiger partial charge in [0.2, 0.25) is 0 Å². The van der Waals surface area contributed by atoms with Crippen molar-refractivity contribution in [2.24, 2.45) is 0 Å². The van der Waals surface area contributed by atoms with Gasteiger partial charge in [-0.25, -0.2) is 0 Å². The van der Waals surface area contributed by atoms with Crippen LogP contribution in [0, 0.1) is 6.92 Å². The van der Waals surface area contributed by atoms with Gasteiger partial charge in [0.15, 0.2) is 0 Å². The van der Waals surface area contributed by atoms with Crippen molar-refractivity contribution in [1.82, 2.24) is 4.57 Å². The van der Waals surface area contributed by atoms with E-state index in [0.29, 0.717) is 0 Å². The van der Waals surface area contributed by atoms with Crippen LogP contribution in [0.3, 0.4) is 0 Å². The van der Waals surface area contributed by atoms with Gasteiger partial charge in [-0.1, -0.05) is 17.7 Å². The van der Waals surface area contributed by atoms with E-state index in [0.717, 1.165) is 23.8 Å². The zero-order valence-corrected chi connectivity index (χ0v) is 11.0. The van der Waals surface area contributed by atoms with Crippen LogP contribution in [-0.4, -0.2) is 4.57 Å². The van der Waals surface area contributed by atoms with Crippen LogP contribution in [0.2, 0.25) is 5.02 Å². The monoisotopic (exact) mass is 248 g/mol. The van der Waals surface area contributed by atoms with Crippen molar-refractivity contribution in [1.29, 1.82) is 0 Å². The lowest BCUT2D eigenvalue weighted by Crippen LogP contribution is -1.99. The molecule has 1 aromatic carbocycles. The van der Waals surface area contributed by atoms with Crippen molar-refractivity contribution in [3.05, 3.63) is 52.8 Å². The number of aryl methyl sites for hydroxylation is 2. The van der Waals surface area contributed by atoms with Gasteiger partial charge in [-0.15, -0.1) is 0 Å². The first-order valence-electron chi connectivity index (χ1n) is 5.83. The first-order valence-corrected chi connectivity index (χ1v) is 6.21. The summed E-state index contributed by atoms with van der Waals surface area (Å²) in [5, 5.41) is 4.13. The van der Waals surface area contributed by atoms with Crippen LogP contribution in [0.25, 0.3) is 0 Å². The minimum absolute atomic E-state index is 0.769. The zero-order chi connectivity index (χ0) is 12.3. The minimum Gasteiger partial charge on any atom is -0.380 e. The second-order valence-electron chi connectivity index (χ2n) is 4.19. The highest BCUT2D eigenvalue weighted by atomic mass is 35.5. The van der Waals surface area contributed by atoms with Gasteiger partial charge >= 0.3 is 0 Å².